The zero-order valence-electron chi connectivity index (χ0n) is 16.9. The van der Waals surface area contributed by atoms with Gasteiger partial charge in [0, 0.05) is 30.7 Å². The number of para-hydroxylation sites is 1. The number of amides is 1. The third-order valence-corrected chi connectivity index (χ3v) is 6.47. The lowest BCUT2D eigenvalue weighted by Gasteiger charge is -2.45. The molecule has 0 aliphatic carbocycles. The van der Waals surface area contributed by atoms with Gasteiger partial charge in [0.25, 0.3) is 5.91 Å². The van der Waals surface area contributed by atoms with Crippen molar-refractivity contribution in [2.45, 2.75) is 30.7 Å². The maximum atomic E-state index is 13.1. The van der Waals surface area contributed by atoms with Crippen LogP contribution < -0.4 is 10.2 Å². The molecule has 1 aromatic rings. The van der Waals surface area contributed by atoms with Crippen LogP contribution in [0.2, 0.25) is 0 Å². The van der Waals surface area contributed by atoms with Crippen molar-refractivity contribution >= 4 is 23.4 Å². The third kappa shape index (κ3) is 5.09. The fourth-order valence-corrected chi connectivity index (χ4v) is 4.88. The summed E-state index contributed by atoms with van der Waals surface area (Å²) in [6.45, 7) is 9.21. The molecule has 4 rings (SSSR count). The van der Waals surface area contributed by atoms with Crippen LogP contribution in [0.25, 0.3) is 0 Å². The summed E-state index contributed by atoms with van der Waals surface area (Å²) >= 11 is 1.81. The summed E-state index contributed by atoms with van der Waals surface area (Å²) in [5, 5.41) is 3.29. The maximum absolute atomic E-state index is 13.1. The number of carbonyl (C=O) groups excluding carboxylic acids is 1. The van der Waals surface area contributed by atoms with E-state index in [2.05, 4.69) is 41.9 Å². The molecule has 2 bridgehead atoms. The average molecular weight is 398 g/mol. The van der Waals surface area contributed by atoms with Gasteiger partial charge in [-0.3, -0.25) is 4.79 Å². The molecule has 3 heterocycles. The molecule has 3 aliphatic rings. The minimum atomic E-state index is -0.00988. The number of hydrogen-bond donors (Lipinski definition) is 1. The molecule has 5 heteroatoms. The van der Waals surface area contributed by atoms with E-state index in [1.165, 1.54) is 30.8 Å². The van der Waals surface area contributed by atoms with Crippen LogP contribution in [-0.2, 0) is 4.79 Å². The van der Waals surface area contributed by atoms with E-state index in [9.17, 15) is 4.79 Å². The highest BCUT2D eigenvalue weighted by Crippen LogP contribution is 2.30. The van der Waals surface area contributed by atoms with E-state index in [-0.39, 0.29) is 11.9 Å². The van der Waals surface area contributed by atoms with Crippen molar-refractivity contribution in [3.63, 3.8) is 0 Å². The molecule has 28 heavy (non-hydrogen) atoms. The number of nitrogens with one attached hydrogen (secondary N) is 1. The van der Waals surface area contributed by atoms with E-state index in [0.717, 1.165) is 18.0 Å². The summed E-state index contributed by atoms with van der Waals surface area (Å²) < 4.78 is 0. The summed E-state index contributed by atoms with van der Waals surface area (Å²) in [5.74, 6) is 1.61. The summed E-state index contributed by atoms with van der Waals surface area (Å²) in [4.78, 5) is 18.8. The molecule has 1 atom stereocenters. The summed E-state index contributed by atoms with van der Waals surface area (Å²) in [7, 11) is 2.00. The van der Waals surface area contributed by atoms with E-state index in [0.29, 0.717) is 11.5 Å². The first-order valence-electron chi connectivity index (χ1n) is 10.1. The number of anilines is 1. The number of fused-ring (bicyclic) bond motifs is 3. The van der Waals surface area contributed by atoms with Crippen LogP contribution in [0, 0.1) is 5.92 Å². The second-order valence-corrected chi connectivity index (χ2v) is 8.71. The Bertz CT molecular complexity index is 750. The Kier molecular flexibility index (Phi) is 7.40. The number of nitrogens with zero attached hydrogens (tertiary/aromatic N) is 2. The second kappa shape index (κ2) is 9.99. The van der Waals surface area contributed by atoms with Gasteiger partial charge in [0.05, 0.1) is 11.3 Å². The van der Waals surface area contributed by atoms with Crippen molar-refractivity contribution < 1.29 is 4.79 Å². The Labute approximate surface area is 173 Å². The molecule has 1 N–H and O–H groups in total. The van der Waals surface area contributed by atoms with E-state index in [4.69, 9.17) is 0 Å². The molecule has 4 nitrogen and oxygen atoms in total. The Balaban J connectivity index is 1.78. The number of thioether (sulfide) groups is 1. The third-order valence-electron chi connectivity index (χ3n) is 5.52. The lowest BCUT2D eigenvalue weighted by Crippen LogP contribution is -2.57. The van der Waals surface area contributed by atoms with Gasteiger partial charge in [0.15, 0.2) is 0 Å². The van der Waals surface area contributed by atoms with Gasteiger partial charge in [0.1, 0.15) is 0 Å². The maximum Gasteiger partial charge on any atom is 0.253 e. The largest absolute Gasteiger partial charge is 0.349 e. The van der Waals surface area contributed by atoms with Crippen molar-refractivity contribution in [2.24, 2.45) is 5.92 Å². The summed E-state index contributed by atoms with van der Waals surface area (Å²) in [6, 6.07) is 8.56. The Morgan fingerprint density at radius 1 is 1.36 bits per heavy atom. The Morgan fingerprint density at radius 3 is 2.75 bits per heavy atom. The number of hydrogen-bond acceptors (Lipinski definition) is 4. The molecule has 3 saturated heterocycles. The first kappa shape index (κ1) is 20.7. The van der Waals surface area contributed by atoms with Crippen LogP contribution in [0.1, 0.15) is 19.8 Å². The number of piperidine rings is 3. The monoisotopic (exact) mass is 397 g/mol. The molecule has 1 aromatic carbocycles. The molecular weight excluding hydrogens is 366 g/mol. The Morgan fingerprint density at radius 2 is 2.11 bits per heavy atom. The fraction of sp³-hybridized carbons (Fsp3) is 0.435. The fourth-order valence-electron chi connectivity index (χ4n) is 4.03. The molecule has 0 spiro atoms. The summed E-state index contributed by atoms with van der Waals surface area (Å²) in [6.07, 6.45) is 9.67. The standard InChI is InChI=1S/C23H31N3OS/c1-4-6-9-19(16-25(3)21-10-7-8-11-22(21)28-5-2)23(27)24-20-17-26-14-12-18(20)13-15-26/h4,6-11,16,18,20H,1,5,12-15,17H2,2-3H3,(H,24,27)/b9-6-,19-16+. The highest BCUT2D eigenvalue weighted by Gasteiger charge is 2.35. The lowest BCUT2D eigenvalue weighted by molar-refractivity contribution is -0.119. The smallest absolute Gasteiger partial charge is 0.253 e. The molecule has 0 radical (unpaired) electrons. The topological polar surface area (TPSA) is 35.6 Å². The van der Waals surface area contributed by atoms with Crippen LogP contribution in [-0.4, -0.2) is 49.3 Å². The number of carbonyl (C=O) groups is 1. The number of benzene rings is 1. The molecular formula is C23H31N3OS. The molecule has 1 amide bonds. The lowest BCUT2D eigenvalue weighted by atomic mass is 9.84. The zero-order chi connectivity index (χ0) is 19.9. The first-order chi connectivity index (χ1) is 13.6. The second-order valence-electron chi connectivity index (χ2n) is 7.41. The number of rotatable bonds is 8. The van der Waals surface area contributed by atoms with Crippen LogP contribution in [0.5, 0.6) is 0 Å². The minimum absolute atomic E-state index is 0.00988. The molecule has 0 aromatic heterocycles. The quantitative estimate of drug-likeness (QED) is 0.407. The van der Waals surface area contributed by atoms with Crippen LogP contribution in [0.15, 0.2) is 65.7 Å². The van der Waals surface area contributed by atoms with E-state index >= 15 is 0 Å². The highest BCUT2D eigenvalue weighted by molar-refractivity contribution is 7.99. The van der Waals surface area contributed by atoms with Crippen molar-refractivity contribution in [2.75, 3.05) is 37.3 Å². The van der Waals surface area contributed by atoms with Gasteiger partial charge in [-0.1, -0.05) is 37.8 Å². The first-order valence-corrected chi connectivity index (χ1v) is 11.1. The predicted octanol–water partition coefficient (Wildman–Crippen LogP) is 4.07. The van der Waals surface area contributed by atoms with Gasteiger partial charge < -0.3 is 15.1 Å². The zero-order valence-corrected chi connectivity index (χ0v) is 17.8. The van der Waals surface area contributed by atoms with Crippen molar-refractivity contribution in [3.8, 4) is 0 Å². The van der Waals surface area contributed by atoms with Crippen LogP contribution >= 0.6 is 11.8 Å². The van der Waals surface area contributed by atoms with Crippen molar-refractivity contribution in [3.05, 3.63) is 60.8 Å². The molecule has 0 saturated carbocycles. The highest BCUT2D eigenvalue weighted by atomic mass is 32.2. The van der Waals surface area contributed by atoms with Crippen LogP contribution in [0.4, 0.5) is 5.69 Å². The van der Waals surface area contributed by atoms with Gasteiger partial charge in [-0.2, -0.15) is 0 Å². The van der Waals surface area contributed by atoms with E-state index < -0.39 is 0 Å². The Hall–Kier alpha value is -1.98. The van der Waals surface area contributed by atoms with Gasteiger partial charge in [-0.15, -0.1) is 11.8 Å². The predicted molar refractivity (Wildman–Crippen MR) is 120 cm³/mol. The van der Waals surface area contributed by atoms with Gasteiger partial charge in [-0.05, 0) is 55.8 Å². The molecule has 150 valence electrons. The van der Waals surface area contributed by atoms with E-state index in [1.807, 2.05) is 48.1 Å². The SMILES string of the molecule is C=C/C=C\C(=C/N(C)c1ccccc1SCC)C(=O)NC1CN2CCC1CC2. The van der Waals surface area contributed by atoms with Gasteiger partial charge in [0.2, 0.25) is 0 Å². The van der Waals surface area contributed by atoms with E-state index in [1.54, 1.807) is 6.08 Å². The average Bonchev–Trinajstić information content (AvgIpc) is 2.72. The molecule has 1 unspecified atom stereocenters. The van der Waals surface area contributed by atoms with Crippen molar-refractivity contribution in [1.82, 2.24) is 10.2 Å². The van der Waals surface area contributed by atoms with Gasteiger partial charge in [-0.25, -0.2) is 0 Å². The summed E-state index contributed by atoms with van der Waals surface area (Å²) in [5.41, 5.74) is 1.75. The minimum Gasteiger partial charge on any atom is -0.349 e. The van der Waals surface area contributed by atoms with Gasteiger partial charge >= 0.3 is 0 Å². The normalized spacial score (nSPS) is 24.4. The molecule has 3 fully saturated rings. The number of allylic oxidation sites excluding steroid dienone is 2. The molecule has 3 aliphatic heterocycles. The van der Waals surface area contributed by atoms with Crippen LogP contribution in [0.3, 0.4) is 0 Å². The van der Waals surface area contributed by atoms with Crippen molar-refractivity contribution in [1.29, 1.82) is 0 Å².